The van der Waals surface area contributed by atoms with Crippen molar-refractivity contribution in [3.63, 3.8) is 0 Å². The van der Waals surface area contributed by atoms with E-state index in [9.17, 15) is 4.79 Å². The van der Waals surface area contributed by atoms with Crippen molar-refractivity contribution in [2.24, 2.45) is 0 Å². The van der Waals surface area contributed by atoms with E-state index in [4.69, 9.17) is 11.5 Å². The fraction of sp³-hybridized carbons (Fsp3) is 0.100. The zero-order chi connectivity index (χ0) is 9.68. The van der Waals surface area contributed by atoms with E-state index in [0.717, 1.165) is 5.69 Å². The van der Waals surface area contributed by atoms with E-state index < -0.39 is 5.97 Å². The van der Waals surface area contributed by atoms with E-state index in [1.165, 1.54) is 12.1 Å². The molecule has 0 saturated carbocycles. The number of hydrogen-bond acceptors (Lipinski definition) is 2. The van der Waals surface area contributed by atoms with Crippen LogP contribution in [0.5, 0.6) is 0 Å². The molecule has 0 aliphatic heterocycles. The Bertz CT molecular complexity index is 335. The van der Waals surface area contributed by atoms with E-state index in [2.05, 4.69) is 11.2 Å². The van der Waals surface area contributed by atoms with Crippen molar-refractivity contribution >= 4 is 11.7 Å². The number of carboxylic acid groups (broad SMARTS) is 1. The molecule has 0 aliphatic rings. The van der Waals surface area contributed by atoms with Crippen molar-refractivity contribution < 1.29 is 9.90 Å². The third-order valence-corrected chi connectivity index (χ3v) is 1.53. The van der Waals surface area contributed by atoms with E-state index in [0.29, 0.717) is 6.54 Å². The minimum absolute atomic E-state index is 0.270. The molecular weight excluding hydrogens is 166 g/mol. The summed E-state index contributed by atoms with van der Waals surface area (Å²) in [6, 6.07) is 6.42. The van der Waals surface area contributed by atoms with Crippen LogP contribution < -0.4 is 5.32 Å². The number of rotatable bonds is 3. The van der Waals surface area contributed by atoms with Gasteiger partial charge < -0.3 is 10.4 Å². The average molecular weight is 175 g/mol. The molecule has 0 aromatic heterocycles. The largest absolute Gasteiger partial charge is 0.478 e. The molecule has 2 N–H and O–H groups in total. The van der Waals surface area contributed by atoms with Gasteiger partial charge in [0, 0.05) is 5.69 Å². The molecule has 66 valence electrons. The van der Waals surface area contributed by atoms with Crippen molar-refractivity contribution in [3.8, 4) is 12.3 Å². The molecule has 0 saturated heterocycles. The summed E-state index contributed by atoms with van der Waals surface area (Å²) in [5.41, 5.74) is 1.09. The van der Waals surface area contributed by atoms with Crippen LogP contribution in [0.1, 0.15) is 10.4 Å². The highest BCUT2D eigenvalue weighted by Gasteiger charge is 2.00. The van der Waals surface area contributed by atoms with Crippen LogP contribution in [0.4, 0.5) is 5.69 Å². The van der Waals surface area contributed by atoms with Gasteiger partial charge in [0.2, 0.25) is 0 Å². The molecule has 3 heteroatoms. The third-order valence-electron chi connectivity index (χ3n) is 1.53. The molecule has 0 fully saturated rings. The van der Waals surface area contributed by atoms with E-state index in [1.807, 2.05) is 0 Å². The molecule has 0 aliphatic carbocycles. The molecule has 0 spiro atoms. The van der Waals surface area contributed by atoms with Gasteiger partial charge in [-0.2, -0.15) is 0 Å². The Kier molecular flexibility index (Phi) is 2.93. The van der Waals surface area contributed by atoms with Crippen molar-refractivity contribution in [3.05, 3.63) is 29.8 Å². The molecule has 0 radical (unpaired) electrons. The molecule has 1 aromatic rings. The lowest BCUT2D eigenvalue weighted by Gasteiger charge is -2.01. The summed E-state index contributed by atoms with van der Waals surface area (Å²) in [6.45, 7) is 0.437. The predicted octanol–water partition coefficient (Wildman–Crippen LogP) is 1.43. The first-order valence-electron chi connectivity index (χ1n) is 3.74. The van der Waals surface area contributed by atoms with Crippen LogP contribution in [0.15, 0.2) is 24.3 Å². The standard InChI is InChI=1S/C10H9NO2/c1-2-7-11-9-5-3-8(4-6-9)10(12)13/h1,3-6,11H,7H2,(H,12,13). The zero-order valence-corrected chi connectivity index (χ0v) is 6.95. The molecular formula is C10H9NO2. The van der Waals surface area contributed by atoms with Crippen LogP contribution in [-0.4, -0.2) is 17.6 Å². The number of aromatic carboxylic acids is 1. The maximum Gasteiger partial charge on any atom is 0.335 e. The van der Waals surface area contributed by atoms with Gasteiger partial charge in [-0.1, -0.05) is 5.92 Å². The van der Waals surface area contributed by atoms with E-state index >= 15 is 0 Å². The van der Waals surface area contributed by atoms with E-state index in [-0.39, 0.29) is 5.56 Å². The summed E-state index contributed by atoms with van der Waals surface area (Å²) in [7, 11) is 0. The first-order chi connectivity index (χ1) is 6.24. The molecule has 0 bridgehead atoms. The average Bonchev–Trinajstić information content (AvgIpc) is 2.15. The van der Waals surface area contributed by atoms with Crippen molar-refractivity contribution in [1.82, 2.24) is 0 Å². The Morgan fingerprint density at radius 1 is 1.46 bits per heavy atom. The van der Waals surface area contributed by atoms with Crippen LogP contribution in [0.2, 0.25) is 0 Å². The molecule has 0 heterocycles. The lowest BCUT2D eigenvalue weighted by Crippen LogP contribution is -2.00. The predicted molar refractivity (Wildman–Crippen MR) is 50.7 cm³/mol. The minimum Gasteiger partial charge on any atom is -0.478 e. The quantitative estimate of drug-likeness (QED) is 0.683. The van der Waals surface area contributed by atoms with Gasteiger partial charge in [-0.05, 0) is 24.3 Å². The molecule has 1 rings (SSSR count). The number of hydrogen-bond donors (Lipinski definition) is 2. The number of carbonyl (C=O) groups is 1. The first kappa shape index (κ1) is 9.14. The minimum atomic E-state index is -0.927. The smallest absolute Gasteiger partial charge is 0.335 e. The van der Waals surface area contributed by atoms with Gasteiger partial charge in [0.25, 0.3) is 0 Å². The van der Waals surface area contributed by atoms with Crippen LogP contribution in [0.3, 0.4) is 0 Å². The third kappa shape index (κ3) is 2.53. The number of terminal acetylenes is 1. The second kappa shape index (κ2) is 4.17. The molecule has 0 amide bonds. The van der Waals surface area contributed by atoms with Crippen molar-refractivity contribution in [2.45, 2.75) is 0 Å². The zero-order valence-electron chi connectivity index (χ0n) is 6.95. The Balaban J connectivity index is 2.71. The van der Waals surface area contributed by atoms with Crippen LogP contribution in [0, 0.1) is 12.3 Å². The Morgan fingerprint density at radius 3 is 2.54 bits per heavy atom. The fourth-order valence-corrected chi connectivity index (χ4v) is 0.884. The van der Waals surface area contributed by atoms with Gasteiger partial charge in [0.05, 0.1) is 12.1 Å². The van der Waals surface area contributed by atoms with Gasteiger partial charge in [0.15, 0.2) is 0 Å². The number of carboxylic acids is 1. The summed E-state index contributed by atoms with van der Waals surface area (Å²) in [5.74, 6) is 1.50. The maximum atomic E-state index is 10.5. The molecule has 0 unspecified atom stereocenters. The summed E-state index contributed by atoms with van der Waals surface area (Å²) < 4.78 is 0. The van der Waals surface area contributed by atoms with Gasteiger partial charge in [-0.3, -0.25) is 0 Å². The fourth-order valence-electron chi connectivity index (χ4n) is 0.884. The molecule has 3 nitrogen and oxygen atoms in total. The number of anilines is 1. The second-order valence-corrected chi connectivity index (χ2v) is 2.44. The van der Waals surface area contributed by atoms with Gasteiger partial charge in [0.1, 0.15) is 0 Å². The SMILES string of the molecule is C#CCNc1ccc(C(=O)O)cc1. The van der Waals surface area contributed by atoms with Crippen LogP contribution in [0.25, 0.3) is 0 Å². The van der Waals surface area contributed by atoms with Gasteiger partial charge in [-0.15, -0.1) is 6.42 Å². The molecule has 1 aromatic carbocycles. The monoisotopic (exact) mass is 175 g/mol. The lowest BCUT2D eigenvalue weighted by atomic mass is 10.2. The highest BCUT2D eigenvalue weighted by molar-refractivity contribution is 5.87. The summed E-state index contributed by atoms with van der Waals surface area (Å²) in [5, 5.41) is 11.5. The topological polar surface area (TPSA) is 49.3 Å². The summed E-state index contributed by atoms with van der Waals surface area (Å²) in [4.78, 5) is 10.5. The maximum absolute atomic E-state index is 10.5. The molecule has 0 atom stereocenters. The lowest BCUT2D eigenvalue weighted by molar-refractivity contribution is 0.0697. The number of benzene rings is 1. The first-order valence-corrected chi connectivity index (χ1v) is 3.74. The van der Waals surface area contributed by atoms with Crippen molar-refractivity contribution in [2.75, 3.05) is 11.9 Å². The highest BCUT2D eigenvalue weighted by atomic mass is 16.4. The Hall–Kier alpha value is -1.95. The van der Waals surface area contributed by atoms with E-state index in [1.54, 1.807) is 12.1 Å². The van der Waals surface area contributed by atoms with Gasteiger partial charge in [-0.25, -0.2) is 4.79 Å². The number of nitrogens with one attached hydrogen (secondary N) is 1. The summed E-state index contributed by atoms with van der Waals surface area (Å²) in [6.07, 6.45) is 5.05. The molecule has 13 heavy (non-hydrogen) atoms. The summed E-state index contributed by atoms with van der Waals surface area (Å²) >= 11 is 0. The van der Waals surface area contributed by atoms with Gasteiger partial charge >= 0.3 is 5.97 Å². The van der Waals surface area contributed by atoms with Crippen LogP contribution in [-0.2, 0) is 0 Å². The second-order valence-electron chi connectivity index (χ2n) is 2.44. The normalized spacial score (nSPS) is 8.85. The Labute approximate surface area is 76.4 Å². The van der Waals surface area contributed by atoms with Crippen molar-refractivity contribution in [1.29, 1.82) is 0 Å². The van der Waals surface area contributed by atoms with Crippen LogP contribution >= 0.6 is 0 Å². The highest BCUT2D eigenvalue weighted by Crippen LogP contribution is 2.08. The Morgan fingerprint density at radius 2 is 2.08 bits per heavy atom.